The van der Waals surface area contributed by atoms with Gasteiger partial charge in [-0.15, -0.1) is 0 Å². The molecule has 0 radical (unpaired) electrons. The minimum Gasteiger partial charge on any atom is -0.393 e. The highest BCUT2D eigenvalue weighted by Gasteiger charge is 2.27. The number of nitrogens with two attached hydrogens (primary N) is 1. The zero-order valence-corrected chi connectivity index (χ0v) is 10.0. The zero-order chi connectivity index (χ0) is 10.7. The average molecular weight is 216 g/mol. The van der Waals surface area contributed by atoms with Crippen LogP contribution in [0, 0.1) is 0 Å². The van der Waals surface area contributed by atoms with Crippen LogP contribution in [0.4, 0.5) is 0 Å². The van der Waals surface area contributed by atoms with E-state index in [1.165, 1.54) is 0 Å². The molecule has 1 saturated heterocycles. The van der Waals surface area contributed by atoms with Crippen LogP contribution in [0.5, 0.6) is 0 Å². The largest absolute Gasteiger partial charge is 0.393 e. The molecule has 1 aliphatic rings. The van der Waals surface area contributed by atoms with Gasteiger partial charge in [0.15, 0.2) is 0 Å². The maximum Gasteiger partial charge on any atom is 0.0742 e. The van der Waals surface area contributed by atoms with Crippen molar-refractivity contribution in [3.05, 3.63) is 0 Å². The summed E-state index contributed by atoms with van der Waals surface area (Å²) in [5, 5.41) is 0. The minimum atomic E-state index is 0.319. The van der Waals surface area contributed by atoms with Crippen LogP contribution in [0.1, 0.15) is 27.2 Å². The fourth-order valence-corrected chi connectivity index (χ4v) is 2.19. The lowest BCUT2D eigenvalue weighted by atomic mass is 10.1. The van der Waals surface area contributed by atoms with Crippen molar-refractivity contribution in [3.8, 4) is 0 Å². The predicted octanol–water partition coefficient (Wildman–Crippen LogP) is 1.16. The van der Waals surface area contributed by atoms with Crippen molar-refractivity contribution < 1.29 is 4.74 Å². The Bertz CT molecular complexity index is 210. The predicted molar refractivity (Wildman–Crippen MR) is 62.4 cm³/mol. The third-order valence-electron chi connectivity index (χ3n) is 2.72. The van der Waals surface area contributed by atoms with Gasteiger partial charge in [0.25, 0.3) is 0 Å². The lowest BCUT2D eigenvalue weighted by molar-refractivity contribution is -0.0622. The van der Waals surface area contributed by atoms with E-state index in [-0.39, 0.29) is 0 Å². The van der Waals surface area contributed by atoms with Crippen LogP contribution in [0.2, 0.25) is 0 Å². The summed E-state index contributed by atoms with van der Waals surface area (Å²) in [6.45, 7) is 8.25. The van der Waals surface area contributed by atoms with Crippen molar-refractivity contribution in [1.82, 2.24) is 4.90 Å². The summed E-state index contributed by atoms with van der Waals surface area (Å²) in [5.41, 5.74) is 5.55. The molecule has 1 aliphatic heterocycles. The molecule has 0 spiro atoms. The Labute approximate surface area is 91.6 Å². The minimum absolute atomic E-state index is 0.319. The molecule has 0 aromatic heterocycles. The van der Waals surface area contributed by atoms with Crippen LogP contribution in [0.25, 0.3) is 0 Å². The molecule has 0 aromatic carbocycles. The van der Waals surface area contributed by atoms with E-state index in [0.29, 0.717) is 23.2 Å². The van der Waals surface area contributed by atoms with Crippen molar-refractivity contribution in [2.24, 2.45) is 5.73 Å². The Balaban J connectivity index is 2.51. The SMILES string of the molecule is CC1CN(C(C)CC(N)=S)C(C)CO1. The summed E-state index contributed by atoms with van der Waals surface area (Å²) < 4.78 is 5.57. The van der Waals surface area contributed by atoms with Crippen molar-refractivity contribution in [2.75, 3.05) is 13.2 Å². The van der Waals surface area contributed by atoms with E-state index in [4.69, 9.17) is 22.7 Å². The maximum atomic E-state index is 5.57. The van der Waals surface area contributed by atoms with E-state index in [1.54, 1.807) is 0 Å². The summed E-state index contributed by atoms with van der Waals surface area (Å²) in [6.07, 6.45) is 1.12. The standard InChI is InChI=1S/C10H20N2OS/c1-7(4-10(11)14)12-5-9(3)13-6-8(12)2/h7-9H,4-6H2,1-3H3,(H2,11,14). The number of rotatable bonds is 3. The second-order valence-electron chi connectivity index (χ2n) is 4.21. The number of hydrogen-bond acceptors (Lipinski definition) is 3. The highest BCUT2D eigenvalue weighted by Crippen LogP contribution is 2.16. The molecule has 3 atom stereocenters. The summed E-state index contributed by atoms with van der Waals surface area (Å²) in [6, 6.07) is 0.893. The van der Waals surface area contributed by atoms with Crippen molar-refractivity contribution in [1.29, 1.82) is 0 Å². The lowest BCUT2D eigenvalue weighted by Gasteiger charge is -2.40. The molecule has 0 amide bonds. The highest BCUT2D eigenvalue weighted by molar-refractivity contribution is 7.80. The van der Waals surface area contributed by atoms with Crippen molar-refractivity contribution in [2.45, 2.75) is 45.4 Å². The van der Waals surface area contributed by atoms with E-state index < -0.39 is 0 Å². The second-order valence-corrected chi connectivity index (χ2v) is 4.73. The van der Waals surface area contributed by atoms with E-state index >= 15 is 0 Å². The molecule has 1 fully saturated rings. The molecule has 4 heteroatoms. The van der Waals surface area contributed by atoms with Gasteiger partial charge < -0.3 is 10.5 Å². The maximum absolute atomic E-state index is 5.57. The topological polar surface area (TPSA) is 38.5 Å². The van der Waals surface area contributed by atoms with Gasteiger partial charge in [0.05, 0.1) is 17.7 Å². The van der Waals surface area contributed by atoms with E-state index in [0.717, 1.165) is 19.6 Å². The molecule has 1 heterocycles. The number of nitrogens with zero attached hydrogens (tertiary/aromatic N) is 1. The van der Waals surface area contributed by atoms with Gasteiger partial charge in [-0.3, -0.25) is 4.90 Å². The van der Waals surface area contributed by atoms with Crippen LogP contribution >= 0.6 is 12.2 Å². The molecule has 0 saturated carbocycles. The molecule has 14 heavy (non-hydrogen) atoms. The van der Waals surface area contributed by atoms with Gasteiger partial charge >= 0.3 is 0 Å². The monoisotopic (exact) mass is 216 g/mol. The Morgan fingerprint density at radius 1 is 1.64 bits per heavy atom. The van der Waals surface area contributed by atoms with Gasteiger partial charge in [-0.25, -0.2) is 0 Å². The molecule has 0 aliphatic carbocycles. The summed E-state index contributed by atoms with van der Waals surface area (Å²) in [7, 11) is 0. The first-order valence-electron chi connectivity index (χ1n) is 5.16. The quantitative estimate of drug-likeness (QED) is 0.719. The third-order valence-corrected chi connectivity index (χ3v) is 2.89. The number of hydrogen-bond donors (Lipinski definition) is 1. The molecule has 0 aromatic rings. The van der Waals surface area contributed by atoms with E-state index in [2.05, 4.69) is 25.7 Å². The van der Waals surface area contributed by atoms with Gasteiger partial charge in [-0.1, -0.05) is 12.2 Å². The Kier molecular flexibility index (Phi) is 4.29. The summed E-state index contributed by atoms with van der Waals surface area (Å²) in [5.74, 6) is 0. The Morgan fingerprint density at radius 3 is 2.86 bits per heavy atom. The molecule has 82 valence electrons. The molecule has 0 bridgehead atoms. The number of ether oxygens (including phenoxy) is 1. The molecule has 1 rings (SSSR count). The van der Waals surface area contributed by atoms with Gasteiger partial charge in [0, 0.05) is 25.0 Å². The smallest absolute Gasteiger partial charge is 0.0742 e. The second kappa shape index (κ2) is 5.05. The first-order valence-corrected chi connectivity index (χ1v) is 5.57. The molecule has 3 unspecified atom stereocenters. The number of thiocarbonyl (C=S) groups is 1. The normalized spacial score (nSPS) is 31.4. The Morgan fingerprint density at radius 2 is 2.29 bits per heavy atom. The fourth-order valence-electron chi connectivity index (χ4n) is 1.95. The average Bonchev–Trinajstić information content (AvgIpc) is 2.08. The molecule has 2 N–H and O–H groups in total. The van der Waals surface area contributed by atoms with Gasteiger partial charge in [0.1, 0.15) is 0 Å². The van der Waals surface area contributed by atoms with Gasteiger partial charge in [-0.05, 0) is 20.8 Å². The molecular formula is C10H20N2OS. The van der Waals surface area contributed by atoms with Gasteiger partial charge in [0.2, 0.25) is 0 Å². The van der Waals surface area contributed by atoms with Crippen LogP contribution < -0.4 is 5.73 Å². The fraction of sp³-hybridized carbons (Fsp3) is 0.900. The number of morpholine rings is 1. The van der Waals surface area contributed by atoms with E-state index in [9.17, 15) is 0 Å². The van der Waals surface area contributed by atoms with Crippen molar-refractivity contribution in [3.63, 3.8) is 0 Å². The lowest BCUT2D eigenvalue weighted by Crippen LogP contribution is -2.51. The Hall–Kier alpha value is -0.190. The van der Waals surface area contributed by atoms with Crippen molar-refractivity contribution >= 4 is 17.2 Å². The molecule has 3 nitrogen and oxygen atoms in total. The third kappa shape index (κ3) is 3.19. The summed E-state index contributed by atoms with van der Waals surface area (Å²) >= 11 is 4.93. The van der Waals surface area contributed by atoms with Gasteiger partial charge in [-0.2, -0.15) is 0 Å². The first-order chi connectivity index (χ1) is 6.50. The van der Waals surface area contributed by atoms with E-state index in [1.807, 2.05) is 0 Å². The van der Waals surface area contributed by atoms with Crippen LogP contribution in [0.3, 0.4) is 0 Å². The van der Waals surface area contributed by atoms with Crippen LogP contribution in [-0.4, -0.2) is 41.2 Å². The zero-order valence-electron chi connectivity index (χ0n) is 9.19. The molecular weight excluding hydrogens is 196 g/mol. The van der Waals surface area contributed by atoms with Crippen LogP contribution in [-0.2, 0) is 4.74 Å². The first kappa shape index (κ1) is 11.9. The summed E-state index contributed by atoms with van der Waals surface area (Å²) in [4.78, 5) is 3.02. The highest BCUT2D eigenvalue weighted by atomic mass is 32.1. The van der Waals surface area contributed by atoms with Crippen LogP contribution in [0.15, 0.2) is 0 Å².